The van der Waals surface area contributed by atoms with Gasteiger partial charge in [0.25, 0.3) is 5.56 Å². The number of alkyl halides is 2. The number of nitrogens with zero attached hydrogens (tertiary/aromatic N) is 3. The van der Waals surface area contributed by atoms with Crippen LogP contribution in [0.1, 0.15) is 24.0 Å². The van der Waals surface area contributed by atoms with Gasteiger partial charge in [0.1, 0.15) is 6.29 Å². The van der Waals surface area contributed by atoms with Gasteiger partial charge in [-0.15, -0.1) is 0 Å². The fraction of sp³-hybridized carbons (Fsp3) is 0.259. The zero-order chi connectivity index (χ0) is 26.7. The smallest absolute Gasteiger partial charge is 0.255 e. The number of aromatic amines is 1. The van der Waals surface area contributed by atoms with Crippen LogP contribution in [0, 0.1) is 11.2 Å². The Hall–Kier alpha value is -3.76. The van der Waals surface area contributed by atoms with Crippen molar-refractivity contribution >= 4 is 40.2 Å². The number of aromatic nitrogens is 3. The number of carbonyl (C=O) groups excluding carboxylic acids is 1. The number of rotatable bonds is 6. The highest BCUT2D eigenvalue weighted by Gasteiger charge is 2.57. The molecule has 0 atom stereocenters. The zero-order valence-corrected chi connectivity index (χ0v) is 20.7. The molecular weight excluding hydrogens is 519 g/mol. The summed E-state index contributed by atoms with van der Waals surface area (Å²) in [5.41, 5.74) is 1.88. The molecule has 1 aliphatic heterocycles. The Morgan fingerprint density at radius 3 is 2.66 bits per heavy atom. The van der Waals surface area contributed by atoms with Crippen molar-refractivity contribution in [1.82, 2.24) is 19.9 Å². The second-order valence-corrected chi connectivity index (χ2v) is 10.5. The van der Waals surface area contributed by atoms with Crippen molar-refractivity contribution in [1.29, 1.82) is 0 Å². The number of fused-ring (bicyclic) bond motifs is 2. The summed E-state index contributed by atoms with van der Waals surface area (Å²) in [6.45, 7) is 1.34. The first-order valence-electron chi connectivity index (χ1n) is 11.9. The van der Waals surface area contributed by atoms with Crippen molar-refractivity contribution in [3.05, 3.63) is 81.1 Å². The number of aldehydes is 1. The summed E-state index contributed by atoms with van der Waals surface area (Å²) >= 11 is 6.21. The van der Waals surface area contributed by atoms with Crippen LogP contribution >= 0.6 is 11.6 Å². The molecule has 2 aromatic carbocycles. The van der Waals surface area contributed by atoms with E-state index < -0.39 is 30.0 Å². The first kappa shape index (κ1) is 24.6. The summed E-state index contributed by atoms with van der Waals surface area (Å²) in [5, 5.41) is 4.20. The molecule has 6 rings (SSSR count). The van der Waals surface area contributed by atoms with Crippen molar-refractivity contribution in [2.75, 3.05) is 11.9 Å². The lowest BCUT2D eigenvalue weighted by Gasteiger charge is -2.45. The monoisotopic (exact) mass is 539 g/mol. The SMILES string of the molecule is O=CC1(CN2Cc3ccc(-c4ncc(F)c(Nc5ccc6c(=O)[nH]cc(Cl)c6c5)n4)cc3C2)CC(F)(F)C1. The Balaban J connectivity index is 1.23. The van der Waals surface area contributed by atoms with E-state index >= 15 is 0 Å². The van der Waals surface area contributed by atoms with Crippen molar-refractivity contribution in [2.45, 2.75) is 31.9 Å². The molecule has 0 amide bonds. The first-order chi connectivity index (χ1) is 18.1. The number of hydrogen-bond donors (Lipinski definition) is 2. The summed E-state index contributed by atoms with van der Waals surface area (Å²) in [7, 11) is 0. The molecule has 3 heterocycles. The summed E-state index contributed by atoms with van der Waals surface area (Å²) in [5.74, 6) is -3.18. The number of halogens is 4. The Morgan fingerprint density at radius 1 is 1.11 bits per heavy atom. The van der Waals surface area contributed by atoms with Gasteiger partial charge in [0.2, 0.25) is 5.92 Å². The number of nitrogens with one attached hydrogen (secondary N) is 2. The largest absolute Gasteiger partial charge is 0.338 e. The number of pyridine rings is 1. The Bertz CT molecular complexity index is 1650. The van der Waals surface area contributed by atoms with Crippen LogP contribution in [-0.4, -0.2) is 38.6 Å². The van der Waals surface area contributed by atoms with Gasteiger partial charge in [-0.2, -0.15) is 0 Å². The number of hydrogen-bond acceptors (Lipinski definition) is 6. The molecule has 194 valence electrons. The van der Waals surface area contributed by atoms with Crippen LogP contribution in [0.5, 0.6) is 0 Å². The average Bonchev–Trinajstić information content (AvgIpc) is 3.27. The molecule has 0 unspecified atom stereocenters. The van der Waals surface area contributed by atoms with Crippen molar-refractivity contribution in [3.8, 4) is 11.4 Å². The molecule has 0 radical (unpaired) electrons. The molecule has 4 aromatic rings. The van der Waals surface area contributed by atoms with E-state index in [4.69, 9.17) is 11.6 Å². The van der Waals surface area contributed by atoms with Gasteiger partial charge in [0.15, 0.2) is 17.5 Å². The summed E-state index contributed by atoms with van der Waals surface area (Å²) in [6.07, 6.45) is 2.31. The molecule has 2 aromatic heterocycles. The van der Waals surface area contributed by atoms with Crippen LogP contribution in [-0.2, 0) is 17.9 Å². The molecule has 0 bridgehead atoms. The highest BCUT2D eigenvalue weighted by molar-refractivity contribution is 6.35. The molecule has 0 spiro atoms. The van der Waals surface area contributed by atoms with Gasteiger partial charge in [-0.3, -0.25) is 9.69 Å². The average molecular weight is 540 g/mol. The van der Waals surface area contributed by atoms with Crippen molar-refractivity contribution in [2.24, 2.45) is 5.41 Å². The summed E-state index contributed by atoms with van der Waals surface area (Å²) < 4.78 is 41.5. The van der Waals surface area contributed by atoms with E-state index in [9.17, 15) is 22.8 Å². The predicted octanol–water partition coefficient (Wildman–Crippen LogP) is 5.45. The third-order valence-corrected chi connectivity index (χ3v) is 7.43. The molecule has 11 heteroatoms. The van der Waals surface area contributed by atoms with E-state index in [1.165, 1.54) is 6.20 Å². The second kappa shape index (κ2) is 8.92. The molecule has 1 fully saturated rings. The van der Waals surface area contributed by atoms with Gasteiger partial charge in [-0.1, -0.05) is 23.7 Å². The van der Waals surface area contributed by atoms with E-state index in [0.29, 0.717) is 52.2 Å². The van der Waals surface area contributed by atoms with Gasteiger partial charge in [0.05, 0.1) is 16.6 Å². The number of anilines is 2. The normalized spacial score (nSPS) is 17.7. The number of H-pyrrole nitrogens is 1. The third-order valence-electron chi connectivity index (χ3n) is 7.12. The van der Waals surface area contributed by atoms with Gasteiger partial charge in [-0.25, -0.2) is 23.1 Å². The highest BCUT2D eigenvalue weighted by Crippen LogP contribution is 2.51. The van der Waals surface area contributed by atoms with Gasteiger partial charge in [0, 0.05) is 60.7 Å². The van der Waals surface area contributed by atoms with Gasteiger partial charge < -0.3 is 15.1 Å². The lowest BCUT2D eigenvalue weighted by Crippen LogP contribution is -2.52. The maximum absolute atomic E-state index is 14.6. The quantitative estimate of drug-likeness (QED) is 0.317. The maximum atomic E-state index is 14.6. The zero-order valence-electron chi connectivity index (χ0n) is 19.9. The Morgan fingerprint density at radius 2 is 1.89 bits per heavy atom. The van der Waals surface area contributed by atoms with E-state index in [1.807, 2.05) is 23.1 Å². The molecule has 1 aliphatic carbocycles. The fourth-order valence-corrected chi connectivity index (χ4v) is 5.62. The minimum absolute atomic E-state index is 0.0451. The van der Waals surface area contributed by atoms with Crippen molar-refractivity contribution < 1.29 is 18.0 Å². The van der Waals surface area contributed by atoms with Gasteiger partial charge >= 0.3 is 0 Å². The van der Waals surface area contributed by atoms with E-state index in [-0.39, 0.29) is 17.9 Å². The van der Waals surface area contributed by atoms with E-state index in [0.717, 1.165) is 17.3 Å². The summed E-state index contributed by atoms with van der Waals surface area (Å²) in [4.78, 5) is 36.6. The van der Waals surface area contributed by atoms with Crippen LogP contribution in [0.3, 0.4) is 0 Å². The standard InChI is InChI=1S/C27H21ClF3N5O2/c28-21-7-33-25(38)19-4-3-18(6-20(19)21)34-24-22(29)8-32-23(35-24)15-1-2-16-9-36(10-17(16)5-15)13-26(14-37)11-27(30,31)12-26/h1-8,14H,9-13H2,(H,33,38)(H,32,34,35). The summed E-state index contributed by atoms with van der Waals surface area (Å²) in [6, 6.07) is 10.5. The molecule has 2 N–H and O–H groups in total. The third kappa shape index (κ3) is 4.43. The lowest BCUT2D eigenvalue weighted by molar-refractivity contribution is -0.172. The predicted molar refractivity (Wildman–Crippen MR) is 137 cm³/mol. The fourth-order valence-electron chi connectivity index (χ4n) is 5.40. The molecule has 38 heavy (non-hydrogen) atoms. The number of benzene rings is 2. The van der Waals surface area contributed by atoms with Crippen LogP contribution in [0.15, 0.2) is 53.6 Å². The van der Waals surface area contributed by atoms with Crippen LogP contribution in [0.25, 0.3) is 22.2 Å². The Kier molecular flexibility index (Phi) is 5.77. The molecule has 7 nitrogen and oxygen atoms in total. The molecular formula is C27H21ClF3N5O2. The highest BCUT2D eigenvalue weighted by atomic mass is 35.5. The molecule has 2 aliphatic rings. The van der Waals surface area contributed by atoms with E-state index in [2.05, 4.69) is 20.3 Å². The Labute approximate surface area is 219 Å². The van der Waals surface area contributed by atoms with Crippen LogP contribution in [0.2, 0.25) is 5.02 Å². The van der Waals surface area contributed by atoms with E-state index in [1.54, 1.807) is 18.2 Å². The van der Waals surface area contributed by atoms with Crippen LogP contribution < -0.4 is 10.9 Å². The minimum atomic E-state index is -2.77. The maximum Gasteiger partial charge on any atom is 0.255 e. The molecule has 1 saturated carbocycles. The van der Waals surface area contributed by atoms with Gasteiger partial charge in [-0.05, 0) is 35.4 Å². The minimum Gasteiger partial charge on any atom is -0.338 e. The number of carbonyl (C=O) groups is 1. The lowest BCUT2D eigenvalue weighted by atomic mass is 9.67. The first-order valence-corrected chi connectivity index (χ1v) is 12.3. The molecule has 0 saturated heterocycles. The van der Waals surface area contributed by atoms with Crippen LogP contribution in [0.4, 0.5) is 24.7 Å². The second-order valence-electron chi connectivity index (χ2n) is 10.1. The van der Waals surface area contributed by atoms with Crippen molar-refractivity contribution in [3.63, 3.8) is 0 Å². The topological polar surface area (TPSA) is 91.0 Å².